The van der Waals surface area contributed by atoms with Crippen LogP contribution in [0.25, 0.3) is 11.0 Å². The van der Waals surface area contributed by atoms with Gasteiger partial charge in [-0.2, -0.15) is 0 Å². The number of hydrogen-bond acceptors (Lipinski definition) is 2. The van der Waals surface area contributed by atoms with Gasteiger partial charge in [0.15, 0.2) is 0 Å². The van der Waals surface area contributed by atoms with Crippen molar-refractivity contribution >= 4 is 16.9 Å². The van der Waals surface area contributed by atoms with Gasteiger partial charge >= 0.3 is 5.69 Å². The number of nitrogens with one attached hydrogen (secondary N) is 1. The molecule has 4 aromatic rings. The van der Waals surface area contributed by atoms with E-state index in [1.807, 2.05) is 72.8 Å². The van der Waals surface area contributed by atoms with Gasteiger partial charge in [0, 0.05) is 7.05 Å². The van der Waals surface area contributed by atoms with Crippen LogP contribution in [0.3, 0.4) is 0 Å². The van der Waals surface area contributed by atoms with Crippen LogP contribution in [0.4, 0.5) is 0 Å². The molecule has 5 heteroatoms. The maximum absolute atomic E-state index is 12.9. The Balaban J connectivity index is 1.59. The Morgan fingerprint density at radius 1 is 0.862 bits per heavy atom. The highest BCUT2D eigenvalue weighted by Gasteiger charge is 2.18. The normalized spacial score (nSPS) is 12.0. The van der Waals surface area contributed by atoms with Crippen molar-refractivity contribution in [2.75, 3.05) is 0 Å². The summed E-state index contributed by atoms with van der Waals surface area (Å²) in [5, 5.41) is 3.12. The molecule has 0 aliphatic carbocycles. The summed E-state index contributed by atoms with van der Waals surface area (Å²) in [6, 6.07) is 27.3. The first kappa shape index (κ1) is 18.7. The predicted molar refractivity (Wildman–Crippen MR) is 115 cm³/mol. The van der Waals surface area contributed by atoms with Gasteiger partial charge in [-0.3, -0.25) is 13.9 Å². The molecule has 146 valence electrons. The van der Waals surface area contributed by atoms with E-state index in [0.717, 1.165) is 22.2 Å². The highest BCUT2D eigenvalue weighted by atomic mass is 16.2. The highest BCUT2D eigenvalue weighted by Crippen LogP contribution is 2.19. The summed E-state index contributed by atoms with van der Waals surface area (Å²) < 4.78 is 3.09. The number of imidazole rings is 1. The van der Waals surface area contributed by atoms with Gasteiger partial charge in [-0.1, -0.05) is 72.8 Å². The van der Waals surface area contributed by atoms with E-state index in [4.69, 9.17) is 0 Å². The molecule has 5 nitrogen and oxygen atoms in total. The second kappa shape index (κ2) is 8.19. The van der Waals surface area contributed by atoms with Crippen molar-refractivity contribution in [3.05, 3.63) is 107 Å². The fourth-order valence-electron chi connectivity index (χ4n) is 3.69. The second-order valence-corrected chi connectivity index (χ2v) is 7.14. The van der Waals surface area contributed by atoms with Gasteiger partial charge < -0.3 is 5.32 Å². The minimum absolute atomic E-state index is 0.0156. The van der Waals surface area contributed by atoms with Crippen molar-refractivity contribution in [2.45, 2.75) is 19.0 Å². The lowest BCUT2D eigenvalue weighted by Crippen LogP contribution is -2.35. The molecule has 0 bridgehead atoms. The molecule has 0 saturated heterocycles. The van der Waals surface area contributed by atoms with Gasteiger partial charge in [0.1, 0.15) is 6.54 Å². The number of nitrogens with zero attached hydrogens (tertiary/aromatic N) is 2. The molecule has 3 aromatic carbocycles. The molecule has 1 heterocycles. The molecule has 4 rings (SSSR count). The van der Waals surface area contributed by atoms with E-state index in [1.165, 1.54) is 4.57 Å². The largest absolute Gasteiger partial charge is 0.347 e. The van der Waals surface area contributed by atoms with E-state index in [2.05, 4.69) is 17.4 Å². The van der Waals surface area contributed by atoms with Crippen LogP contribution in [0, 0.1) is 0 Å². The van der Waals surface area contributed by atoms with Gasteiger partial charge in [0.05, 0.1) is 17.1 Å². The van der Waals surface area contributed by atoms with Crippen LogP contribution in [0.5, 0.6) is 0 Å². The lowest BCUT2D eigenvalue weighted by molar-refractivity contribution is -0.122. The number of rotatable bonds is 6. The molecule has 1 N–H and O–H groups in total. The Morgan fingerprint density at radius 2 is 1.45 bits per heavy atom. The smallest absolute Gasteiger partial charge is 0.329 e. The molecular weight excluding hydrogens is 362 g/mol. The number of aromatic nitrogens is 2. The standard InChI is InChI=1S/C24H23N3O2/c1-26-21-14-8-9-15-22(21)27(24(26)29)17-23(28)25-20(19-12-6-3-7-13-19)16-18-10-4-2-5-11-18/h2-15,20H,16-17H2,1H3,(H,25,28). The van der Waals surface area contributed by atoms with Crippen LogP contribution >= 0.6 is 0 Å². The molecule has 0 aliphatic rings. The second-order valence-electron chi connectivity index (χ2n) is 7.14. The first-order valence-electron chi connectivity index (χ1n) is 9.66. The van der Waals surface area contributed by atoms with Crippen LogP contribution in [0.15, 0.2) is 89.7 Å². The number of hydrogen-bond donors (Lipinski definition) is 1. The maximum Gasteiger partial charge on any atom is 0.329 e. The molecular formula is C24H23N3O2. The first-order valence-corrected chi connectivity index (χ1v) is 9.66. The third kappa shape index (κ3) is 3.99. The maximum atomic E-state index is 12.9. The average Bonchev–Trinajstić information content (AvgIpc) is 3.00. The van der Waals surface area contributed by atoms with Crippen molar-refractivity contribution in [2.24, 2.45) is 7.05 Å². The predicted octanol–water partition coefficient (Wildman–Crippen LogP) is 3.44. The van der Waals surface area contributed by atoms with Crippen LogP contribution in [0.2, 0.25) is 0 Å². The topological polar surface area (TPSA) is 56.0 Å². The molecule has 0 fully saturated rings. The summed E-state index contributed by atoms with van der Waals surface area (Å²) in [7, 11) is 1.72. The average molecular weight is 385 g/mol. The SMILES string of the molecule is Cn1c(=O)n(CC(=O)NC(Cc2ccccc2)c2ccccc2)c2ccccc21. The van der Waals surface area contributed by atoms with Gasteiger partial charge in [0.2, 0.25) is 5.91 Å². The van der Waals surface area contributed by atoms with E-state index in [1.54, 1.807) is 11.6 Å². The fraction of sp³-hybridized carbons (Fsp3) is 0.167. The summed E-state index contributed by atoms with van der Waals surface area (Å²) >= 11 is 0. The van der Waals surface area contributed by atoms with Crippen molar-refractivity contribution in [3.63, 3.8) is 0 Å². The van der Waals surface area contributed by atoms with E-state index in [0.29, 0.717) is 6.42 Å². The van der Waals surface area contributed by atoms with Crippen LogP contribution in [0.1, 0.15) is 17.2 Å². The van der Waals surface area contributed by atoms with Gasteiger partial charge in [-0.25, -0.2) is 4.79 Å². The number of benzene rings is 3. The zero-order chi connectivity index (χ0) is 20.2. The minimum Gasteiger partial charge on any atom is -0.347 e. The molecule has 1 amide bonds. The van der Waals surface area contributed by atoms with E-state index in [-0.39, 0.29) is 24.2 Å². The Morgan fingerprint density at radius 3 is 2.14 bits per heavy atom. The van der Waals surface area contributed by atoms with Crippen LogP contribution in [-0.4, -0.2) is 15.0 Å². The number of fused-ring (bicyclic) bond motifs is 1. The zero-order valence-electron chi connectivity index (χ0n) is 16.3. The van der Waals surface area contributed by atoms with Crippen LogP contribution < -0.4 is 11.0 Å². The lowest BCUT2D eigenvalue weighted by atomic mass is 9.99. The van der Waals surface area contributed by atoms with E-state index < -0.39 is 0 Å². The van der Waals surface area contributed by atoms with E-state index in [9.17, 15) is 9.59 Å². The molecule has 1 aromatic heterocycles. The van der Waals surface area contributed by atoms with Gasteiger partial charge in [-0.05, 0) is 29.7 Å². The molecule has 0 spiro atoms. The summed E-state index contributed by atoms with van der Waals surface area (Å²) in [4.78, 5) is 25.5. The monoisotopic (exact) mass is 385 g/mol. The van der Waals surface area contributed by atoms with E-state index >= 15 is 0 Å². The number of amides is 1. The third-order valence-corrected chi connectivity index (χ3v) is 5.17. The summed E-state index contributed by atoms with van der Waals surface area (Å²) in [6.07, 6.45) is 0.682. The molecule has 1 atom stereocenters. The minimum atomic E-state index is -0.194. The first-order chi connectivity index (χ1) is 14.1. The summed E-state index contributed by atoms with van der Waals surface area (Å²) in [6.45, 7) is -0.0156. The number of carbonyl (C=O) groups is 1. The molecule has 0 aliphatic heterocycles. The molecule has 1 unspecified atom stereocenters. The Labute approximate surface area is 169 Å². The van der Waals surface area contributed by atoms with Crippen molar-refractivity contribution in [1.82, 2.24) is 14.5 Å². The zero-order valence-corrected chi connectivity index (χ0v) is 16.3. The summed E-state index contributed by atoms with van der Waals surface area (Å²) in [5.41, 5.74) is 3.56. The summed E-state index contributed by atoms with van der Waals surface area (Å²) in [5.74, 6) is -0.187. The van der Waals surface area contributed by atoms with Crippen molar-refractivity contribution in [3.8, 4) is 0 Å². The van der Waals surface area contributed by atoms with Crippen molar-refractivity contribution < 1.29 is 4.79 Å². The van der Waals surface area contributed by atoms with Crippen molar-refractivity contribution in [1.29, 1.82) is 0 Å². The Hall–Kier alpha value is -3.60. The number of carbonyl (C=O) groups excluding carboxylic acids is 1. The van der Waals surface area contributed by atoms with Gasteiger partial charge in [-0.15, -0.1) is 0 Å². The fourth-order valence-corrected chi connectivity index (χ4v) is 3.69. The van der Waals surface area contributed by atoms with Crippen LogP contribution in [-0.2, 0) is 24.8 Å². The quantitative estimate of drug-likeness (QED) is 0.553. The lowest BCUT2D eigenvalue weighted by Gasteiger charge is -2.20. The molecule has 0 saturated carbocycles. The molecule has 29 heavy (non-hydrogen) atoms. The third-order valence-electron chi connectivity index (χ3n) is 5.17. The Kier molecular flexibility index (Phi) is 5.29. The highest BCUT2D eigenvalue weighted by molar-refractivity contribution is 5.81. The van der Waals surface area contributed by atoms with Gasteiger partial charge in [0.25, 0.3) is 0 Å². The Bertz CT molecular complexity index is 1180. The number of para-hydroxylation sites is 2. The molecule has 0 radical (unpaired) electrons. The number of aryl methyl sites for hydroxylation is 1.